The summed E-state index contributed by atoms with van der Waals surface area (Å²) in [5, 5.41) is 4.70. The molecule has 0 fully saturated rings. The highest BCUT2D eigenvalue weighted by Crippen LogP contribution is 2.14. The first kappa shape index (κ1) is 18.2. The number of amides is 1. The van der Waals surface area contributed by atoms with Crippen LogP contribution in [0.15, 0.2) is 46.6 Å². The zero-order valence-electron chi connectivity index (χ0n) is 13.8. The number of carbonyl (C=O) groups excluding carboxylic acids is 2. The maximum absolute atomic E-state index is 13.0. The lowest BCUT2D eigenvalue weighted by Crippen LogP contribution is -2.23. The molecule has 0 atom stereocenters. The van der Waals surface area contributed by atoms with Crippen LogP contribution < -0.4 is 10.2 Å². The lowest BCUT2D eigenvalue weighted by Gasteiger charge is -2.06. The molecule has 3 rings (SSSR count). The van der Waals surface area contributed by atoms with Crippen molar-refractivity contribution in [1.82, 2.24) is 9.88 Å². The minimum atomic E-state index is -0.435. The van der Waals surface area contributed by atoms with E-state index in [1.54, 1.807) is 6.92 Å². The van der Waals surface area contributed by atoms with E-state index in [0.29, 0.717) is 22.7 Å². The van der Waals surface area contributed by atoms with Gasteiger partial charge in [-0.15, -0.1) is 11.3 Å². The van der Waals surface area contributed by atoms with E-state index in [4.69, 9.17) is 0 Å². The van der Waals surface area contributed by atoms with Crippen molar-refractivity contribution in [1.29, 1.82) is 0 Å². The largest absolute Gasteiger partial charge is 0.346 e. The molecule has 2 heterocycles. The number of Topliss-reactive ketones (excluding diaryl/α,β-unsaturated/α-hetero) is 1. The number of thiazole rings is 1. The van der Waals surface area contributed by atoms with E-state index < -0.39 is 5.82 Å². The van der Waals surface area contributed by atoms with Gasteiger partial charge in [-0.1, -0.05) is 17.4 Å². The average molecular weight is 390 g/mol. The number of nitrogens with one attached hydrogen (secondary N) is 1. The first-order valence-corrected chi connectivity index (χ1v) is 9.45. The van der Waals surface area contributed by atoms with Gasteiger partial charge < -0.3 is 5.32 Å². The van der Waals surface area contributed by atoms with Gasteiger partial charge >= 0.3 is 4.87 Å². The van der Waals surface area contributed by atoms with Crippen molar-refractivity contribution in [2.24, 2.45) is 0 Å². The van der Waals surface area contributed by atoms with E-state index in [1.165, 1.54) is 40.2 Å². The molecule has 5 nitrogen and oxygen atoms in total. The molecule has 0 aliphatic heterocycles. The van der Waals surface area contributed by atoms with Gasteiger partial charge in [-0.05, 0) is 42.6 Å². The Morgan fingerprint density at radius 3 is 2.58 bits per heavy atom. The minimum absolute atomic E-state index is 0.189. The van der Waals surface area contributed by atoms with Gasteiger partial charge in [0, 0.05) is 16.1 Å². The molecule has 2 aromatic heterocycles. The van der Waals surface area contributed by atoms with Crippen molar-refractivity contribution >= 4 is 34.4 Å². The summed E-state index contributed by atoms with van der Waals surface area (Å²) in [6.45, 7) is 1.83. The van der Waals surface area contributed by atoms with E-state index in [0.717, 1.165) is 16.2 Å². The van der Waals surface area contributed by atoms with Crippen molar-refractivity contribution < 1.29 is 14.0 Å². The molecule has 0 aliphatic carbocycles. The minimum Gasteiger partial charge on any atom is -0.346 e. The first-order chi connectivity index (χ1) is 12.5. The number of hydrogen-bond acceptors (Lipinski definition) is 5. The van der Waals surface area contributed by atoms with Crippen LogP contribution >= 0.6 is 22.7 Å². The summed E-state index contributed by atoms with van der Waals surface area (Å²) in [6, 6.07) is 8.94. The fourth-order valence-corrected chi connectivity index (χ4v) is 3.95. The third-order valence-electron chi connectivity index (χ3n) is 3.82. The Balaban J connectivity index is 1.75. The molecule has 0 bridgehead atoms. The highest BCUT2D eigenvalue weighted by atomic mass is 32.1. The predicted molar refractivity (Wildman–Crippen MR) is 99.5 cm³/mol. The molecule has 0 saturated heterocycles. The fraction of sp³-hybridized carbons (Fsp3) is 0.167. The topological polar surface area (TPSA) is 68.2 Å². The maximum atomic E-state index is 13.0. The van der Waals surface area contributed by atoms with E-state index in [2.05, 4.69) is 5.32 Å². The maximum Gasteiger partial charge on any atom is 0.308 e. The Morgan fingerprint density at radius 1 is 1.19 bits per heavy atom. The van der Waals surface area contributed by atoms with Gasteiger partial charge in [-0.3, -0.25) is 19.0 Å². The summed E-state index contributed by atoms with van der Waals surface area (Å²) in [4.78, 5) is 37.8. The third-order valence-corrected chi connectivity index (χ3v) is 5.78. The van der Waals surface area contributed by atoms with Crippen LogP contribution in [0.2, 0.25) is 0 Å². The Bertz CT molecular complexity index is 989. The number of benzene rings is 1. The molecule has 0 spiro atoms. The lowest BCUT2D eigenvalue weighted by molar-refractivity contribution is 0.0945. The van der Waals surface area contributed by atoms with Gasteiger partial charge in [0.25, 0.3) is 5.91 Å². The molecule has 1 aromatic carbocycles. The van der Waals surface area contributed by atoms with Crippen LogP contribution in [0.1, 0.15) is 30.6 Å². The second kappa shape index (κ2) is 7.76. The molecule has 0 radical (unpaired) electrons. The van der Waals surface area contributed by atoms with Gasteiger partial charge in [0.15, 0.2) is 5.78 Å². The number of nitrogens with zero attached hydrogens (tertiary/aromatic N) is 1. The molecule has 1 N–H and O–H groups in total. The van der Waals surface area contributed by atoms with Crippen molar-refractivity contribution in [2.75, 3.05) is 0 Å². The third kappa shape index (κ3) is 3.97. The van der Waals surface area contributed by atoms with E-state index in [1.807, 2.05) is 17.5 Å². The number of ketones is 1. The van der Waals surface area contributed by atoms with Crippen molar-refractivity contribution in [3.63, 3.8) is 0 Å². The van der Waals surface area contributed by atoms with Crippen LogP contribution in [0.4, 0.5) is 4.39 Å². The number of halogens is 1. The molecule has 0 saturated carbocycles. The lowest BCUT2D eigenvalue weighted by atomic mass is 10.1. The van der Waals surface area contributed by atoms with Gasteiger partial charge in [-0.2, -0.15) is 0 Å². The molecule has 0 unspecified atom stereocenters. The van der Waals surface area contributed by atoms with E-state index in [9.17, 15) is 18.8 Å². The fourth-order valence-electron chi connectivity index (χ4n) is 2.40. The molecular weight excluding hydrogens is 375 g/mol. The van der Waals surface area contributed by atoms with Crippen LogP contribution in [0.25, 0.3) is 0 Å². The van der Waals surface area contributed by atoms with Crippen LogP contribution in [0, 0.1) is 12.7 Å². The summed E-state index contributed by atoms with van der Waals surface area (Å²) in [7, 11) is 0. The molecule has 8 heteroatoms. The van der Waals surface area contributed by atoms with Crippen molar-refractivity contribution in [2.45, 2.75) is 20.0 Å². The van der Waals surface area contributed by atoms with Gasteiger partial charge in [0.1, 0.15) is 10.7 Å². The first-order valence-electron chi connectivity index (χ1n) is 7.75. The molecule has 1 amide bonds. The van der Waals surface area contributed by atoms with Crippen LogP contribution in [-0.2, 0) is 13.1 Å². The van der Waals surface area contributed by atoms with Crippen molar-refractivity contribution in [3.05, 3.63) is 78.3 Å². The Labute approximate surface area is 156 Å². The number of aromatic nitrogens is 1. The zero-order chi connectivity index (χ0) is 18.7. The number of carbonyl (C=O) groups is 2. The summed E-state index contributed by atoms with van der Waals surface area (Å²) in [5.74, 6) is -1.10. The summed E-state index contributed by atoms with van der Waals surface area (Å²) < 4.78 is 14.2. The molecule has 3 aromatic rings. The normalized spacial score (nSPS) is 10.7. The molecular formula is C18H15FN2O3S2. The Hall–Kier alpha value is -2.58. The number of rotatable bonds is 6. The van der Waals surface area contributed by atoms with Crippen LogP contribution in [0.3, 0.4) is 0 Å². The highest BCUT2D eigenvalue weighted by molar-refractivity contribution is 7.11. The van der Waals surface area contributed by atoms with E-state index in [-0.39, 0.29) is 23.1 Å². The summed E-state index contributed by atoms with van der Waals surface area (Å²) in [6.07, 6.45) is 0. The van der Waals surface area contributed by atoms with E-state index >= 15 is 0 Å². The predicted octanol–water partition coefficient (Wildman–Crippen LogP) is 3.23. The Kier molecular flexibility index (Phi) is 5.43. The zero-order valence-corrected chi connectivity index (χ0v) is 15.5. The average Bonchev–Trinajstić information content (AvgIpc) is 3.24. The quantitative estimate of drug-likeness (QED) is 0.657. The second-order valence-electron chi connectivity index (χ2n) is 5.56. The SMILES string of the molecule is Cc1c(C(=O)NCc2cccs2)sc(=O)n1CC(=O)c1ccc(F)cc1. The van der Waals surface area contributed by atoms with Crippen LogP contribution in [-0.4, -0.2) is 16.3 Å². The van der Waals surface area contributed by atoms with Gasteiger partial charge in [0.2, 0.25) is 0 Å². The monoisotopic (exact) mass is 390 g/mol. The molecule has 0 aliphatic rings. The summed E-state index contributed by atoms with van der Waals surface area (Å²) >= 11 is 2.34. The smallest absolute Gasteiger partial charge is 0.308 e. The van der Waals surface area contributed by atoms with Gasteiger partial charge in [0.05, 0.1) is 13.1 Å². The number of hydrogen-bond donors (Lipinski definition) is 1. The Morgan fingerprint density at radius 2 is 1.92 bits per heavy atom. The second-order valence-corrected chi connectivity index (χ2v) is 7.55. The van der Waals surface area contributed by atoms with Crippen LogP contribution in [0.5, 0.6) is 0 Å². The summed E-state index contributed by atoms with van der Waals surface area (Å²) in [5.41, 5.74) is 0.756. The standard InChI is InChI=1S/C18H15FN2O3S2/c1-11-16(17(23)20-9-14-3-2-8-25-14)26-18(24)21(11)10-15(22)12-4-6-13(19)7-5-12/h2-8H,9-10H2,1H3,(H,20,23). The molecule has 26 heavy (non-hydrogen) atoms. The van der Waals surface area contributed by atoms with Crippen molar-refractivity contribution in [3.8, 4) is 0 Å². The van der Waals surface area contributed by atoms with Gasteiger partial charge in [-0.25, -0.2) is 4.39 Å². The molecule has 134 valence electrons. The number of thiophene rings is 1. The highest BCUT2D eigenvalue weighted by Gasteiger charge is 2.19.